The maximum atomic E-state index is 12.4. The van der Waals surface area contributed by atoms with Crippen LogP contribution in [-0.2, 0) is 4.79 Å². The Balaban J connectivity index is 2.12. The number of para-hydroxylation sites is 3. The molecule has 2 aromatic carbocycles. The molecule has 3 amide bonds. The van der Waals surface area contributed by atoms with Crippen molar-refractivity contribution in [3.8, 4) is 11.5 Å². The number of ether oxygens (including phenoxy) is 2. The number of methoxy groups -OCH3 is 2. The van der Waals surface area contributed by atoms with E-state index in [0.717, 1.165) is 0 Å². The van der Waals surface area contributed by atoms with Gasteiger partial charge in [0.05, 0.1) is 25.6 Å². The van der Waals surface area contributed by atoms with Crippen LogP contribution in [0.25, 0.3) is 6.08 Å². The highest BCUT2D eigenvalue weighted by molar-refractivity contribution is 6.05. The predicted molar refractivity (Wildman–Crippen MR) is 111 cm³/mol. The number of amides is 3. The van der Waals surface area contributed by atoms with Gasteiger partial charge < -0.3 is 25.4 Å². The van der Waals surface area contributed by atoms with Crippen LogP contribution in [0.1, 0.15) is 19.4 Å². The van der Waals surface area contributed by atoms with E-state index >= 15 is 0 Å². The van der Waals surface area contributed by atoms with Crippen molar-refractivity contribution in [1.29, 1.82) is 0 Å². The molecule has 0 aliphatic carbocycles. The maximum absolute atomic E-state index is 12.4. The van der Waals surface area contributed by atoms with Gasteiger partial charge >= 0.3 is 6.03 Å². The number of carbonyl (C=O) groups is 2. The molecule has 0 radical (unpaired) electrons. The summed E-state index contributed by atoms with van der Waals surface area (Å²) in [6, 6.07) is 12.0. The topological polar surface area (TPSA) is 88.7 Å². The normalized spacial score (nSPS) is 10.6. The predicted octanol–water partition coefficient (Wildman–Crippen LogP) is 3.89. The molecule has 7 heteroatoms. The lowest BCUT2D eigenvalue weighted by Gasteiger charge is -2.13. The van der Waals surface area contributed by atoms with Crippen molar-refractivity contribution in [2.75, 3.05) is 24.9 Å². The number of urea groups is 1. The third-order valence-corrected chi connectivity index (χ3v) is 3.70. The summed E-state index contributed by atoms with van der Waals surface area (Å²) in [5.74, 6) is 0.778. The summed E-state index contributed by atoms with van der Waals surface area (Å²) in [5.41, 5.74) is 1.70. The summed E-state index contributed by atoms with van der Waals surface area (Å²) in [6.45, 7) is 3.73. The van der Waals surface area contributed by atoms with Gasteiger partial charge in [-0.05, 0) is 38.1 Å². The molecule has 2 aromatic rings. The second-order valence-corrected chi connectivity index (χ2v) is 6.20. The standard InChI is InChI=1S/C21H25N3O4/c1-14(2)22-21(26)24-17-10-6-5-9-16(17)23-19(25)13-12-15-8-7-11-18(27-3)20(15)28-4/h5-14H,1-4H3,(H,23,25)(H2,22,24,26). The van der Waals surface area contributed by atoms with Gasteiger partial charge in [-0.1, -0.05) is 24.3 Å². The van der Waals surface area contributed by atoms with Crippen molar-refractivity contribution >= 4 is 29.4 Å². The number of carbonyl (C=O) groups excluding carboxylic acids is 2. The second kappa shape index (κ2) is 10.0. The van der Waals surface area contributed by atoms with Crippen LogP contribution in [0.3, 0.4) is 0 Å². The van der Waals surface area contributed by atoms with E-state index in [2.05, 4.69) is 16.0 Å². The van der Waals surface area contributed by atoms with Crippen LogP contribution in [-0.4, -0.2) is 32.2 Å². The molecule has 0 aliphatic rings. The van der Waals surface area contributed by atoms with Gasteiger partial charge in [-0.15, -0.1) is 0 Å². The number of anilines is 2. The van der Waals surface area contributed by atoms with E-state index in [0.29, 0.717) is 28.4 Å². The summed E-state index contributed by atoms with van der Waals surface area (Å²) in [4.78, 5) is 24.3. The highest BCUT2D eigenvalue weighted by Gasteiger charge is 2.10. The third-order valence-electron chi connectivity index (χ3n) is 3.70. The van der Waals surface area contributed by atoms with Gasteiger partial charge in [0.1, 0.15) is 0 Å². The number of nitrogens with one attached hydrogen (secondary N) is 3. The first-order chi connectivity index (χ1) is 13.4. The molecule has 0 bridgehead atoms. The Morgan fingerprint density at radius 3 is 2.21 bits per heavy atom. The molecule has 7 nitrogen and oxygen atoms in total. The molecule has 148 valence electrons. The molecule has 0 saturated heterocycles. The van der Waals surface area contributed by atoms with Gasteiger partial charge in [0.2, 0.25) is 5.91 Å². The minimum Gasteiger partial charge on any atom is -0.493 e. The first kappa shape index (κ1) is 20.8. The summed E-state index contributed by atoms with van der Waals surface area (Å²) in [7, 11) is 3.09. The minimum absolute atomic E-state index is 0.00234. The highest BCUT2D eigenvalue weighted by Crippen LogP contribution is 2.31. The molecule has 3 N–H and O–H groups in total. The first-order valence-corrected chi connectivity index (χ1v) is 8.81. The van der Waals surface area contributed by atoms with Crippen LogP contribution in [0.2, 0.25) is 0 Å². The summed E-state index contributed by atoms with van der Waals surface area (Å²) in [6.07, 6.45) is 3.03. The molecular formula is C21H25N3O4. The Hall–Kier alpha value is -3.48. The van der Waals surface area contributed by atoms with E-state index in [1.165, 1.54) is 6.08 Å². The van der Waals surface area contributed by atoms with Crippen molar-refractivity contribution < 1.29 is 19.1 Å². The zero-order chi connectivity index (χ0) is 20.5. The van der Waals surface area contributed by atoms with Gasteiger partial charge in [-0.2, -0.15) is 0 Å². The van der Waals surface area contributed by atoms with Gasteiger partial charge in [0.15, 0.2) is 11.5 Å². The fourth-order valence-corrected chi connectivity index (χ4v) is 2.50. The summed E-state index contributed by atoms with van der Waals surface area (Å²) in [5, 5.41) is 8.23. The zero-order valence-corrected chi connectivity index (χ0v) is 16.4. The van der Waals surface area contributed by atoms with E-state index in [9.17, 15) is 9.59 Å². The van der Waals surface area contributed by atoms with Crippen molar-refractivity contribution in [3.05, 3.63) is 54.1 Å². The number of hydrogen-bond acceptors (Lipinski definition) is 4. The average Bonchev–Trinajstić information content (AvgIpc) is 2.66. The van der Waals surface area contributed by atoms with Gasteiger partial charge in [0.25, 0.3) is 0 Å². The lowest BCUT2D eigenvalue weighted by atomic mass is 10.1. The summed E-state index contributed by atoms with van der Waals surface area (Å²) < 4.78 is 10.6. The minimum atomic E-state index is -0.344. The van der Waals surface area contributed by atoms with Crippen molar-refractivity contribution in [3.63, 3.8) is 0 Å². The van der Waals surface area contributed by atoms with Gasteiger partial charge in [-0.3, -0.25) is 4.79 Å². The van der Waals surface area contributed by atoms with E-state index in [1.807, 2.05) is 26.0 Å². The molecule has 2 rings (SSSR count). The number of hydrogen-bond donors (Lipinski definition) is 3. The lowest BCUT2D eigenvalue weighted by Crippen LogP contribution is -2.34. The fraction of sp³-hybridized carbons (Fsp3) is 0.238. The largest absolute Gasteiger partial charge is 0.493 e. The fourth-order valence-electron chi connectivity index (χ4n) is 2.50. The SMILES string of the molecule is COc1cccc(C=CC(=O)Nc2ccccc2NC(=O)NC(C)C)c1OC. The molecule has 0 saturated carbocycles. The van der Waals surface area contributed by atoms with Crippen molar-refractivity contribution in [2.24, 2.45) is 0 Å². The highest BCUT2D eigenvalue weighted by atomic mass is 16.5. The first-order valence-electron chi connectivity index (χ1n) is 8.81. The van der Waals surface area contributed by atoms with E-state index < -0.39 is 0 Å². The average molecular weight is 383 g/mol. The molecule has 0 aliphatic heterocycles. The number of rotatable bonds is 7. The Morgan fingerprint density at radius 2 is 1.61 bits per heavy atom. The van der Waals surface area contributed by atoms with Crippen LogP contribution in [0, 0.1) is 0 Å². The molecule has 28 heavy (non-hydrogen) atoms. The molecular weight excluding hydrogens is 358 g/mol. The molecule has 0 unspecified atom stereocenters. The van der Waals surface area contributed by atoms with Crippen LogP contribution < -0.4 is 25.4 Å². The maximum Gasteiger partial charge on any atom is 0.319 e. The molecule has 0 fully saturated rings. The second-order valence-electron chi connectivity index (χ2n) is 6.20. The molecule has 0 aromatic heterocycles. The van der Waals surface area contributed by atoms with Gasteiger partial charge in [0, 0.05) is 17.7 Å². The van der Waals surface area contributed by atoms with Crippen molar-refractivity contribution in [2.45, 2.75) is 19.9 Å². The third kappa shape index (κ3) is 5.77. The van der Waals surface area contributed by atoms with Gasteiger partial charge in [-0.25, -0.2) is 4.79 Å². The smallest absolute Gasteiger partial charge is 0.319 e. The van der Waals surface area contributed by atoms with E-state index in [4.69, 9.17) is 9.47 Å². The molecule has 0 spiro atoms. The van der Waals surface area contributed by atoms with Crippen LogP contribution in [0.5, 0.6) is 11.5 Å². The van der Waals surface area contributed by atoms with Crippen LogP contribution >= 0.6 is 0 Å². The van der Waals surface area contributed by atoms with E-state index in [1.54, 1.807) is 50.6 Å². The number of benzene rings is 2. The lowest BCUT2D eigenvalue weighted by molar-refractivity contribution is -0.111. The molecule has 0 heterocycles. The monoisotopic (exact) mass is 383 g/mol. The van der Waals surface area contributed by atoms with E-state index in [-0.39, 0.29) is 18.0 Å². The van der Waals surface area contributed by atoms with Crippen molar-refractivity contribution in [1.82, 2.24) is 5.32 Å². The molecule has 0 atom stereocenters. The zero-order valence-electron chi connectivity index (χ0n) is 16.4. The summed E-state index contributed by atoms with van der Waals surface area (Å²) >= 11 is 0. The van der Waals surface area contributed by atoms with Crippen LogP contribution in [0.15, 0.2) is 48.5 Å². The Labute approximate surface area is 164 Å². The van der Waals surface area contributed by atoms with Crippen LogP contribution in [0.4, 0.5) is 16.2 Å². The Morgan fingerprint density at radius 1 is 0.929 bits per heavy atom. The quantitative estimate of drug-likeness (QED) is 0.633. The Kier molecular flexibility index (Phi) is 7.45. The Bertz CT molecular complexity index is 862.